The highest BCUT2D eigenvalue weighted by Gasteiger charge is 2.16. The van der Waals surface area contributed by atoms with Crippen molar-refractivity contribution in [3.8, 4) is 0 Å². The third kappa shape index (κ3) is 3.26. The lowest BCUT2D eigenvalue weighted by Crippen LogP contribution is -2.15. The second-order valence-electron chi connectivity index (χ2n) is 4.60. The Labute approximate surface area is 125 Å². The number of aromatic carboxylic acids is 1. The molecule has 0 saturated carbocycles. The zero-order valence-corrected chi connectivity index (χ0v) is 12.4. The molecule has 0 fully saturated rings. The van der Waals surface area contributed by atoms with Crippen molar-refractivity contribution in [1.29, 1.82) is 0 Å². The SMILES string of the molecule is Cc1c(NC(=O)c2csc(C(C)N)n2)cccc1C(=O)O. The molecule has 1 atom stereocenters. The number of nitrogens with one attached hydrogen (secondary N) is 1. The highest BCUT2D eigenvalue weighted by Crippen LogP contribution is 2.21. The van der Waals surface area contributed by atoms with Crippen molar-refractivity contribution in [1.82, 2.24) is 4.98 Å². The monoisotopic (exact) mass is 305 g/mol. The van der Waals surface area contributed by atoms with Gasteiger partial charge >= 0.3 is 5.97 Å². The van der Waals surface area contributed by atoms with Crippen LogP contribution >= 0.6 is 11.3 Å². The second-order valence-corrected chi connectivity index (χ2v) is 5.49. The summed E-state index contributed by atoms with van der Waals surface area (Å²) in [4.78, 5) is 27.4. The first-order chi connectivity index (χ1) is 9.90. The van der Waals surface area contributed by atoms with E-state index in [0.29, 0.717) is 16.3 Å². The number of carboxylic acid groups (broad SMARTS) is 1. The van der Waals surface area contributed by atoms with Crippen LogP contribution in [0.25, 0.3) is 0 Å². The van der Waals surface area contributed by atoms with E-state index in [1.165, 1.54) is 17.4 Å². The lowest BCUT2D eigenvalue weighted by atomic mass is 10.1. The minimum Gasteiger partial charge on any atom is -0.478 e. The molecule has 2 rings (SSSR count). The van der Waals surface area contributed by atoms with Crippen LogP contribution in [0.4, 0.5) is 5.69 Å². The number of aromatic nitrogens is 1. The molecule has 2 aromatic rings. The van der Waals surface area contributed by atoms with Crippen LogP contribution in [-0.4, -0.2) is 22.0 Å². The Hall–Kier alpha value is -2.25. The molecule has 7 heteroatoms. The first-order valence-electron chi connectivity index (χ1n) is 6.25. The Bertz CT molecular complexity index is 695. The molecule has 1 aromatic heterocycles. The summed E-state index contributed by atoms with van der Waals surface area (Å²) < 4.78 is 0. The van der Waals surface area contributed by atoms with Crippen LogP contribution in [0.1, 0.15) is 44.4 Å². The van der Waals surface area contributed by atoms with Crippen molar-refractivity contribution >= 4 is 28.9 Å². The fourth-order valence-corrected chi connectivity index (χ4v) is 2.55. The van der Waals surface area contributed by atoms with E-state index in [1.54, 1.807) is 31.4 Å². The highest BCUT2D eigenvalue weighted by molar-refractivity contribution is 7.09. The Balaban J connectivity index is 2.23. The molecule has 0 aliphatic carbocycles. The summed E-state index contributed by atoms with van der Waals surface area (Å²) in [6.45, 7) is 3.44. The molecule has 0 radical (unpaired) electrons. The van der Waals surface area contributed by atoms with Gasteiger partial charge in [-0.25, -0.2) is 9.78 Å². The van der Waals surface area contributed by atoms with Crippen molar-refractivity contribution in [3.05, 3.63) is 45.4 Å². The van der Waals surface area contributed by atoms with Gasteiger partial charge in [0.25, 0.3) is 5.91 Å². The Morgan fingerprint density at radius 2 is 2.14 bits per heavy atom. The molecule has 0 spiro atoms. The van der Waals surface area contributed by atoms with E-state index in [4.69, 9.17) is 10.8 Å². The van der Waals surface area contributed by atoms with Crippen LogP contribution in [0.2, 0.25) is 0 Å². The van der Waals surface area contributed by atoms with E-state index < -0.39 is 5.97 Å². The number of carbonyl (C=O) groups is 2. The second kappa shape index (κ2) is 6.02. The van der Waals surface area contributed by atoms with Gasteiger partial charge < -0.3 is 16.2 Å². The predicted octanol–water partition coefficient (Wildman–Crippen LogP) is 2.42. The van der Waals surface area contributed by atoms with Crippen LogP contribution in [0, 0.1) is 6.92 Å². The summed E-state index contributed by atoms with van der Waals surface area (Å²) in [5, 5.41) is 14.0. The van der Waals surface area contributed by atoms with Crippen LogP contribution in [0.5, 0.6) is 0 Å². The average Bonchev–Trinajstić information content (AvgIpc) is 2.90. The zero-order chi connectivity index (χ0) is 15.6. The van der Waals surface area contributed by atoms with Gasteiger partial charge in [-0.05, 0) is 31.5 Å². The number of anilines is 1. The summed E-state index contributed by atoms with van der Waals surface area (Å²) in [6.07, 6.45) is 0. The zero-order valence-electron chi connectivity index (χ0n) is 11.6. The number of nitrogens with zero attached hydrogens (tertiary/aromatic N) is 1. The van der Waals surface area contributed by atoms with E-state index in [9.17, 15) is 9.59 Å². The fourth-order valence-electron chi connectivity index (χ4n) is 1.79. The van der Waals surface area contributed by atoms with Gasteiger partial charge in [-0.3, -0.25) is 4.79 Å². The lowest BCUT2D eigenvalue weighted by molar-refractivity contribution is 0.0695. The molecular formula is C14H15N3O3S. The molecule has 0 aliphatic rings. The molecule has 4 N–H and O–H groups in total. The summed E-state index contributed by atoms with van der Waals surface area (Å²) in [6, 6.07) is 4.50. The molecule has 0 saturated heterocycles. The number of hydrogen-bond acceptors (Lipinski definition) is 5. The fraction of sp³-hybridized carbons (Fsp3) is 0.214. The number of rotatable bonds is 4. The van der Waals surface area contributed by atoms with E-state index in [0.717, 1.165) is 0 Å². The minimum absolute atomic E-state index is 0.155. The van der Waals surface area contributed by atoms with Gasteiger partial charge in [0.05, 0.1) is 11.6 Å². The molecule has 1 aromatic carbocycles. The van der Waals surface area contributed by atoms with Crippen molar-refractivity contribution in [2.24, 2.45) is 5.73 Å². The molecule has 21 heavy (non-hydrogen) atoms. The third-order valence-corrected chi connectivity index (χ3v) is 4.00. The third-order valence-electron chi connectivity index (χ3n) is 2.96. The van der Waals surface area contributed by atoms with Crippen molar-refractivity contribution < 1.29 is 14.7 Å². The molecule has 0 bridgehead atoms. The smallest absolute Gasteiger partial charge is 0.336 e. The van der Waals surface area contributed by atoms with E-state index in [-0.39, 0.29) is 23.2 Å². The number of benzene rings is 1. The maximum atomic E-state index is 12.1. The topological polar surface area (TPSA) is 105 Å². The maximum absolute atomic E-state index is 12.1. The van der Waals surface area contributed by atoms with Crippen LogP contribution < -0.4 is 11.1 Å². The lowest BCUT2D eigenvalue weighted by Gasteiger charge is -2.09. The van der Waals surface area contributed by atoms with Gasteiger partial charge in [0.1, 0.15) is 10.7 Å². The first-order valence-corrected chi connectivity index (χ1v) is 7.13. The number of thiazole rings is 1. The van der Waals surface area contributed by atoms with Crippen LogP contribution in [-0.2, 0) is 0 Å². The highest BCUT2D eigenvalue weighted by atomic mass is 32.1. The average molecular weight is 305 g/mol. The molecule has 0 aliphatic heterocycles. The Kier molecular flexibility index (Phi) is 4.35. The molecule has 1 amide bonds. The van der Waals surface area contributed by atoms with Gasteiger partial charge in [-0.15, -0.1) is 11.3 Å². The standard InChI is InChI=1S/C14H15N3O3S/c1-7-9(14(19)20)4-3-5-10(7)16-12(18)11-6-21-13(17-11)8(2)15/h3-6,8H,15H2,1-2H3,(H,16,18)(H,19,20). The number of carboxylic acids is 1. The molecule has 1 heterocycles. The van der Waals surface area contributed by atoms with Crippen molar-refractivity contribution in [2.75, 3.05) is 5.32 Å². The number of hydrogen-bond donors (Lipinski definition) is 3. The predicted molar refractivity (Wildman–Crippen MR) is 80.8 cm³/mol. The van der Waals surface area contributed by atoms with Gasteiger partial charge in [-0.2, -0.15) is 0 Å². The Morgan fingerprint density at radius 1 is 1.43 bits per heavy atom. The molecule has 6 nitrogen and oxygen atoms in total. The summed E-state index contributed by atoms with van der Waals surface area (Å²) in [5.41, 5.74) is 7.09. The van der Waals surface area contributed by atoms with Gasteiger partial charge in [0.15, 0.2) is 0 Å². The molecule has 110 valence electrons. The van der Waals surface area contributed by atoms with Crippen LogP contribution in [0.15, 0.2) is 23.6 Å². The largest absolute Gasteiger partial charge is 0.478 e. The number of nitrogens with two attached hydrogens (primary N) is 1. The normalized spacial score (nSPS) is 12.0. The van der Waals surface area contributed by atoms with Gasteiger partial charge in [0, 0.05) is 11.1 Å². The number of carbonyl (C=O) groups excluding carboxylic acids is 1. The maximum Gasteiger partial charge on any atom is 0.336 e. The quantitative estimate of drug-likeness (QED) is 0.804. The van der Waals surface area contributed by atoms with Gasteiger partial charge in [-0.1, -0.05) is 6.07 Å². The minimum atomic E-state index is -1.03. The molecular weight excluding hydrogens is 290 g/mol. The number of amides is 1. The molecule has 1 unspecified atom stereocenters. The van der Waals surface area contributed by atoms with E-state index in [2.05, 4.69) is 10.3 Å². The van der Waals surface area contributed by atoms with E-state index in [1.807, 2.05) is 0 Å². The summed E-state index contributed by atoms with van der Waals surface area (Å²) in [7, 11) is 0. The van der Waals surface area contributed by atoms with Gasteiger partial charge in [0.2, 0.25) is 0 Å². The summed E-state index contributed by atoms with van der Waals surface area (Å²) in [5.74, 6) is -1.42. The summed E-state index contributed by atoms with van der Waals surface area (Å²) >= 11 is 1.32. The van der Waals surface area contributed by atoms with Crippen molar-refractivity contribution in [3.63, 3.8) is 0 Å². The van der Waals surface area contributed by atoms with E-state index >= 15 is 0 Å². The van der Waals surface area contributed by atoms with Crippen molar-refractivity contribution in [2.45, 2.75) is 19.9 Å². The van der Waals surface area contributed by atoms with Crippen LogP contribution in [0.3, 0.4) is 0 Å². The Morgan fingerprint density at radius 3 is 2.71 bits per heavy atom. The first kappa shape index (κ1) is 15.1.